The van der Waals surface area contributed by atoms with Crippen LogP contribution < -0.4 is 5.56 Å². The average molecular weight is 462 g/mol. The lowest BCUT2D eigenvalue weighted by Gasteiger charge is -2.50. The monoisotopic (exact) mass is 461 g/mol. The molecule has 1 N–H and O–H groups in total. The van der Waals surface area contributed by atoms with E-state index in [9.17, 15) is 4.79 Å². The number of nitrogens with one attached hydrogen (secondary N) is 1. The van der Waals surface area contributed by atoms with Crippen molar-refractivity contribution in [3.05, 3.63) is 51.6 Å². The maximum Gasteiger partial charge on any atom is 0.255 e. The van der Waals surface area contributed by atoms with Crippen LogP contribution in [0.2, 0.25) is 0 Å². The zero-order valence-electron chi connectivity index (χ0n) is 20.9. The van der Waals surface area contributed by atoms with Gasteiger partial charge in [-0.15, -0.1) is 0 Å². The highest BCUT2D eigenvalue weighted by atomic mass is 16.5. The number of aromatic nitrogens is 2. The number of H-pyrrole nitrogens is 1. The van der Waals surface area contributed by atoms with Gasteiger partial charge in [0, 0.05) is 24.1 Å². The predicted molar refractivity (Wildman–Crippen MR) is 135 cm³/mol. The maximum absolute atomic E-state index is 13.7. The lowest BCUT2D eigenvalue weighted by atomic mass is 9.62. The van der Waals surface area contributed by atoms with E-state index in [1.165, 1.54) is 43.2 Å². The van der Waals surface area contributed by atoms with Crippen molar-refractivity contribution in [1.29, 1.82) is 0 Å². The van der Waals surface area contributed by atoms with E-state index in [1.807, 2.05) is 0 Å². The van der Waals surface area contributed by atoms with Gasteiger partial charge >= 0.3 is 0 Å². The third-order valence-corrected chi connectivity index (χ3v) is 9.15. The molecule has 34 heavy (non-hydrogen) atoms. The van der Waals surface area contributed by atoms with Gasteiger partial charge in [0.2, 0.25) is 0 Å². The number of piperidine rings is 1. The van der Waals surface area contributed by atoms with Gasteiger partial charge < -0.3 is 9.72 Å². The molecular weight excluding hydrogens is 422 g/mol. The Morgan fingerprint density at radius 2 is 1.88 bits per heavy atom. The Morgan fingerprint density at radius 3 is 2.71 bits per heavy atom. The van der Waals surface area contributed by atoms with Crippen molar-refractivity contribution in [3.8, 4) is 11.3 Å². The van der Waals surface area contributed by atoms with Crippen LogP contribution >= 0.6 is 0 Å². The summed E-state index contributed by atoms with van der Waals surface area (Å²) in [5, 5.41) is 0. The molecule has 5 heteroatoms. The van der Waals surface area contributed by atoms with Crippen molar-refractivity contribution < 1.29 is 4.74 Å². The van der Waals surface area contributed by atoms with Crippen LogP contribution in [-0.4, -0.2) is 40.2 Å². The minimum absolute atomic E-state index is 0.0378. The molecule has 5 nitrogen and oxygen atoms in total. The van der Waals surface area contributed by atoms with Crippen LogP contribution in [0.25, 0.3) is 11.3 Å². The Morgan fingerprint density at radius 1 is 1.06 bits per heavy atom. The number of rotatable bonds is 2. The number of hydrogen-bond donors (Lipinski definition) is 1. The molecule has 0 bridgehead atoms. The molecule has 2 aromatic rings. The normalized spacial score (nSPS) is 27.9. The minimum Gasteiger partial charge on any atom is -0.376 e. The average Bonchev–Trinajstić information content (AvgIpc) is 2.78. The largest absolute Gasteiger partial charge is 0.376 e. The molecule has 1 saturated carbocycles. The Hall–Kier alpha value is -1.98. The van der Waals surface area contributed by atoms with Gasteiger partial charge in [-0.3, -0.25) is 9.69 Å². The van der Waals surface area contributed by atoms with Crippen LogP contribution in [-0.2, 0) is 23.1 Å². The topological polar surface area (TPSA) is 58.2 Å². The lowest BCUT2D eigenvalue weighted by Crippen LogP contribution is -2.50. The number of ether oxygens (including phenoxy) is 1. The fourth-order valence-corrected chi connectivity index (χ4v) is 7.89. The van der Waals surface area contributed by atoms with Crippen LogP contribution in [0.1, 0.15) is 88.6 Å². The van der Waals surface area contributed by atoms with Gasteiger partial charge in [-0.1, -0.05) is 43.5 Å². The molecule has 6 rings (SSSR count). The molecule has 2 aliphatic carbocycles. The summed E-state index contributed by atoms with van der Waals surface area (Å²) in [4.78, 5) is 24.6. The first kappa shape index (κ1) is 22.5. The maximum atomic E-state index is 13.7. The van der Waals surface area contributed by atoms with E-state index < -0.39 is 0 Å². The standard InChI is InChI=1S/C29H39N3O2/c1-27(2)19-28(14-16-34-27)11-8-15-32(20-28)18-23-30-25-22-10-5-4-9-21(22)17-29(12-6-3-7-13-29)24(25)26(33)31-23/h4-5,9-10H,3,6-8,11-20H2,1-2H3,(H,30,31,33)/t28-/m0/s1. The highest BCUT2D eigenvalue weighted by Gasteiger charge is 2.44. The summed E-state index contributed by atoms with van der Waals surface area (Å²) in [6.45, 7) is 8.18. The molecule has 2 aliphatic heterocycles. The van der Waals surface area contributed by atoms with E-state index in [4.69, 9.17) is 9.72 Å². The minimum atomic E-state index is -0.0440. The lowest BCUT2D eigenvalue weighted by molar-refractivity contribution is -0.123. The number of likely N-dealkylation sites (tertiary alicyclic amines) is 1. The van der Waals surface area contributed by atoms with Crippen molar-refractivity contribution in [3.63, 3.8) is 0 Å². The first-order chi connectivity index (χ1) is 16.4. The summed E-state index contributed by atoms with van der Waals surface area (Å²) in [5.41, 5.74) is 4.81. The zero-order valence-corrected chi connectivity index (χ0v) is 20.9. The van der Waals surface area contributed by atoms with Gasteiger partial charge in [0.05, 0.1) is 23.4 Å². The van der Waals surface area contributed by atoms with E-state index in [1.54, 1.807) is 0 Å². The molecule has 1 aromatic carbocycles. The van der Waals surface area contributed by atoms with Crippen molar-refractivity contribution in [2.75, 3.05) is 19.7 Å². The molecule has 2 spiro atoms. The van der Waals surface area contributed by atoms with Crippen molar-refractivity contribution in [2.45, 2.75) is 95.6 Å². The smallest absolute Gasteiger partial charge is 0.255 e. The van der Waals surface area contributed by atoms with E-state index >= 15 is 0 Å². The SMILES string of the molecule is CC1(C)C[C@]2(CCCN(Cc3nc4c(c(=O)[nH]3)C3(CCCCC3)Cc3ccccc3-4)C2)CCO1. The van der Waals surface area contributed by atoms with Crippen LogP contribution in [0.15, 0.2) is 29.1 Å². The fourth-order valence-electron chi connectivity index (χ4n) is 7.89. The van der Waals surface area contributed by atoms with Crippen LogP contribution in [0.3, 0.4) is 0 Å². The van der Waals surface area contributed by atoms with Crippen molar-refractivity contribution in [1.82, 2.24) is 14.9 Å². The molecule has 3 heterocycles. The molecule has 1 aromatic heterocycles. The highest BCUT2D eigenvalue weighted by Crippen LogP contribution is 2.49. The Kier molecular flexibility index (Phi) is 5.49. The quantitative estimate of drug-likeness (QED) is 0.654. The fraction of sp³-hybridized carbons (Fsp3) is 0.655. The number of hydrogen-bond acceptors (Lipinski definition) is 4. The summed E-state index contributed by atoms with van der Waals surface area (Å²) < 4.78 is 6.03. The molecule has 182 valence electrons. The van der Waals surface area contributed by atoms with E-state index in [0.29, 0.717) is 5.41 Å². The molecule has 0 amide bonds. The molecule has 2 saturated heterocycles. The van der Waals surface area contributed by atoms with Crippen LogP contribution in [0.4, 0.5) is 0 Å². The summed E-state index contributed by atoms with van der Waals surface area (Å²) in [5.74, 6) is 0.829. The first-order valence-corrected chi connectivity index (χ1v) is 13.5. The highest BCUT2D eigenvalue weighted by molar-refractivity contribution is 5.71. The molecular formula is C29H39N3O2. The van der Waals surface area contributed by atoms with Gasteiger partial charge in [-0.2, -0.15) is 0 Å². The number of fused-ring (bicyclic) bond motifs is 4. The molecule has 3 fully saturated rings. The zero-order chi connectivity index (χ0) is 23.4. The summed E-state index contributed by atoms with van der Waals surface area (Å²) >= 11 is 0. The van der Waals surface area contributed by atoms with Crippen molar-refractivity contribution in [2.24, 2.45) is 5.41 Å². The Bertz CT molecular complexity index is 1130. The second kappa shape index (κ2) is 8.30. The number of nitrogens with zero attached hydrogens (tertiary/aromatic N) is 2. The second-order valence-electron chi connectivity index (χ2n) is 12.3. The summed E-state index contributed by atoms with van der Waals surface area (Å²) in [6.07, 6.45) is 11.6. The predicted octanol–water partition coefficient (Wildman–Crippen LogP) is 5.37. The second-order valence-corrected chi connectivity index (χ2v) is 12.3. The Balaban J connectivity index is 1.33. The van der Waals surface area contributed by atoms with Gasteiger partial charge in [0.15, 0.2) is 0 Å². The van der Waals surface area contributed by atoms with Crippen molar-refractivity contribution >= 4 is 0 Å². The van der Waals surface area contributed by atoms with E-state index in [0.717, 1.165) is 75.4 Å². The van der Waals surface area contributed by atoms with E-state index in [-0.39, 0.29) is 16.6 Å². The van der Waals surface area contributed by atoms with Gasteiger partial charge in [-0.25, -0.2) is 4.98 Å². The first-order valence-electron chi connectivity index (χ1n) is 13.5. The molecule has 0 radical (unpaired) electrons. The number of benzene rings is 1. The van der Waals surface area contributed by atoms with Gasteiger partial charge in [0.25, 0.3) is 5.56 Å². The van der Waals surface area contributed by atoms with Crippen LogP contribution in [0, 0.1) is 5.41 Å². The summed E-state index contributed by atoms with van der Waals surface area (Å²) in [6, 6.07) is 8.64. The van der Waals surface area contributed by atoms with E-state index in [2.05, 4.69) is 48.0 Å². The summed E-state index contributed by atoms with van der Waals surface area (Å²) in [7, 11) is 0. The molecule has 4 aliphatic rings. The molecule has 0 unspecified atom stereocenters. The Labute approximate surface area is 203 Å². The third kappa shape index (κ3) is 3.95. The molecule has 1 atom stereocenters. The number of aromatic amines is 1. The van der Waals surface area contributed by atoms with Gasteiger partial charge in [0.1, 0.15) is 5.82 Å². The van der Waals surface area contributed by atoms with Gasteiger partial charge in [-0.05, 0) is 76.3 Å². The van der Waals surface area contributed by atoms with Crippen LogP contribution in [0.5, 0.6) is 0 Å². The third-order valence-electron chi connectivity index (χ3n) is 9.15.